The molecule has 0 unspecified atom stereocenters. The molecule has 0 radical (unpaired) electrons. The molecule has 1 aliphatic rings. The zero-order valence-corrected chi connectivity index (χ0v) is 19.9. The second-order valence-corrected chi connectivity index (χ2v) is 17.1. The van der Waals surface area contributed by atoms with Gasteiger partial charge in [-0.15, -0.1) is 30.1 Å². The van der Waals surface area contributed by atoms with Gasteiger partial charge >= 0.3 is 0 Å². The molecule has 1 saturated heterocycles. The van der Waals surface area contributed by atoms with E-state index in [0.717, 1.165) is 32.3 Å². The standard InChI is InChI=1S/C20H40O2S2Si/c1-8-9-11-18(21)15-20(23-12-10-13-24-20)14-17(2)16-22-25(6,7)19(3,4)5/h8,17-18,21H,1,9-16H2,2-7H3/t17-,18+/m0/s1. The Morgan fingerprint density at radius 3 is 2.36 bits per heavy atom. The highest BCUT2D eigenvalue weighted by Crippen LogP contribution is 2.50. The van der Waals surface area contributed by atoms with Gasteiger partial charge in [0.25, 0.3) is 0 Å². The molecule has 0 saturated carbocycles. The maximum absolute atomic E-state index is 10.5. The average Bonchev–Trinajstić information content (AvgIpc) is 2.50. The molecule has 2 nitrogen and oxygen atoms in total. The molecular weight excluding hydrogens is 364 g/mol. The summed E-state index contributed by atoms with van der Waals surface area (Å²) < 4.78 is 6.62. The van der Waals surface area contributed by atoms with Gasteiger partial charge in [-0.05, 0) is 67.7 Å². The van der Waals surface area contributed by atoms with Crippen LogP contribution in [0.1, 0.15) is 59.8 Å². The summed E-state index contributed by atoms with van der Waals surface area (Å²) in [5.41, 5.74) is 0. The van der Waals surface area contributed by atoms with Crippen molar-refractivity contribution in [3.63, 3.8) is 0 Å². The molecule has 0 aromatic rings. The van der Waals surface area contributed by atoms with Crippen molar-refractivity contribution in [2.75, 3.05) is 18.1 Å². The van der Waals surface area contributed by atoms with E-state index in [2.05, 4.69) is 70.9 Å². The van der Waals surface area contributed by atoms with Gasteiger partial charge in [-0.2, -0.15) is 0 Å². The van der Waals surface area contributed by atoms with Crippen molar-refractivity contribution in [2.24, 2.45) is 5.92 Å². The Bertz CT molecular complexity index is 401. The Kier molecular flexibility index (Phi) is 9.65. The molecule has 1 rings (SSSR count). The van der Waals surface area contributed by atoms with Crippen LogP contribution in [-0.2, 0) is 4.43 Å². The van der Waals surface area contributed by atoms with Crippen LogP contribution in [0.3, 0.4) is 0 Å². The van der Waals surface area contributed by atoms with Gasteiger partial charge in [0.1, 0.15) is 0 Å². The van der Waals surface area contributed by atoms with Gasteiger partial charge in [0, 0.05) is 6.61 Å². The van der Waals surface area contributed by atoms with Gasteiger partial charge in [-0.25, -0.2) is 0 Å². The molecule has 1 heterocycles. The molecule has 1 N–H and O–H groups in total. The van der Waals surface area contributed by atoms with Gasteiger partial charge in [-0.1, -0.05) is 33.8 Å². The maximum atomic E-state index is 10.5. The molecule has 0 bridgehead atoms. The fraction of sp³-hybridized carbons (Fsp3) is 0.900. The lowest BCUT2D eigenvalue weighted by molar-refractivity contribution is 0.145. The number of rotatable bonds is 10. The lowest BCUT2D eigenvalue weighted by Gasteiger charge is -2.41. The molecular formula is C20H40O2S2Si. The van der Waals surface area contributed by atoms with Crippen molar-refractivity contribution in [3.8, 4) is 0 Å². The monoisotopic (exact) mass is 404 g/mol. The summed E-state index contributed by atoms with van der Waals surface area (Å²) in [6.07, 6.45) is 6.73. The lowest BCUT2D eigenvalue weighted by atomic mass is 10.00. The SMILES string of the molecule is C=CCC[C@@H](O)CC1(C[C@H](C)CO[Si](C)(C)C(C)(C)C)SCCCS1. The minimum absolute atomic E-state index is 0.162. The molecule has 1 aliphatic heterocycles. The van der Waals surface area contributed by atoms with Crippen LogP contribution in [0.2, 0.25) is 18.1 Å². The third kappa shape index (κ3) is 8.00. The Morgan fingerprint density at radius 2 is 1.84 bits per heavy atom. The van der Waals surface area contributed by atoms with E-state index in [4.69, 9.17) is 4.43 Å². The number of hydrogen-bond acceptors (Lipinski definition) is 4. The predicted molar refractivity (Wildman–Crippen MR) is 119 cm³/mol. The number of aliphatic hydroxyl groups is 1. The number of allylic oxidation sites excluding steroid dienone is 1. The Labute approximate surface area is 166 Å². The van der Waals surface area contributed by atoms with Crippen LogP contribution in [0.15, 0.2) is 12.7 Å². The number of aliphatic hydroxyl groups excluding tert-OH is 1. The number of hydrogen-bond donors (Lipinski definition) is 1. The Hall–Kier alpha value is 0.577. The number of thioether (sulfide) groups is 2. The summed E-state index contributed by atoms with van der Waals surface area (Å²) in [6.45, 7) is 18.5. The molecule has 5 heteroatoms. The average molecular weight is 405 g/mol. The zero-order chi connectivity index (χ0) is 19.1. The van der Waals surface area contributed by atoms with Gasteiger partial charge in [0.2, 0.25) is 0 Å². The van der Waals surface area contributed by atoms with Crippen LogP contribution < -0.4 is 0 Å². The second-order valence-electron chi connectivity index (χ2n) is 9.07. The largest absolute Gasteiger partial charge is 0.417 e. The van der Waals surface area contributed by atoms with Crippen molar-refractivity contribution in [1.29, 1.82) is 0 Å². The molecule has 0 spiro atoms. The summed E-state index contributed by atoms with van der Waals surface area (Å²) in [7, 11) is -1.68. The van der Waals surface area contributed by atoms with Crippen LogP contribution in [0, 0.1) is 5.92 Å². The van der Waals surface area contributed by atoms with E-state index < -0.39 is 8.32 Å². The fourth-order valence-corrected chi connectivity index (χ4v) is 7.76. The first-order chi connectivity index (χ1) is 11.5. The van der Waals surface area contributed by atoms with Crippen LogP contribution in [0.4, 0.5) is 0 Å². The highest BCUT2D eigenvalue weighted by molar-refractivity contribution is 8.18. The van der Waals surface area contributed by atoms with Gasteiger partial charge in [-0.3, -0.25) is 0 Å². The lowest BCUT2D eigenvalue weighted by Crippen LogP contribution is -2.42. The summed E-state index contributed by atoms with van der Waals surface area (Å²) in [5, 5.41) is 10.7. The molecule has 1 fully saturated rings. The minimum atomic E-state index is -1.68. The highest BCUT2D eigenvalue weighted by atomic mass is 32.2. The third-order valence-electron chi connectivity index (χ3n) is 5.46. The second kappa shape index (κ2) is 10.2. The first-order valence-corrected chi connectivity index (χ1v) is 14.6. The minimum Gasteiger partial charge on any atom is -0.417 e. The van der Waals surface area contributed by atoms with Crippen molar-refractivity contribution in [2.45, 2.75) is 88.1 Å². The van der Waals surface area contributed by atoms with Gasteiger partial charge in [0.05, 0.1) is 10.2 Å². The predicted octanol–water partition coefficient (Wildman–Crippen LogP) is 6.32. The van der Waals surface area contributed by atoms with Crippen molar-refractivity contribution >= 4 is 31.8 Å². The van der Waals surface area contributed by atoms with Gasteiger partial charge < -0.3 is 9.53 Å². The van der Waals surface area contributed by atoms with E-state index in [9.17, 15) is 5.11 Å². The van der Waals surface area contributed by atoms with Crippen molar-refractivity contribution < 1.29 is 9.53 Å². The Morgan fingerprint density at radius 1 is 1.24 bits per heavy atom. The van der Waals surface area contributed by atoms with Crippen LogP contribution in [-0.4, -0.2) is 41.7 Å². The molecule has 148 valence electrons. The molecule has 0 aromatic carbocycles. The summed E-state index contributed by atoms with van der Waals surface area (Å²) in [5.74, 6) is 2.97. The van der Waals surface area contributed by atoms with E-state index in [1.807, 2.05) is 6.08 Å². The summed E-state index contributed by atoms with van der Waals surface area (Å²) in [6, 6.07) is 0. The smallest absolute Gasteiger partial charge is 0.191 e. The molecule has 0 aliphatic carbocycles. The van der Waals surface area contributed by atoms with E-state index in [-0.39, 0.29) is 15.2 Å². The van der Waals surface area contributed by atoms with Crippen LogP contribution >= 0.6 is 23.5 Å². The first kappa shape index (κ1) is 23.6. The topological polar surface area (TPSA) is 29.5 Å². The van der Waals surface area contributed by atoms with E-state index in [1.165, 1.54) is 17.9 Å². The van der Waals surface area contributed by atoms with E-state index in [1.54, 1.807) is 0 Å². The van der Waals surface area contributed by atoms with E-state index in [0.29, 0.717) is 5.92 Å². The zero-order valence-electron chi connectivity index (χ0n) is 17.3. The van der Waals surface area contributed by atoms with Gasteiger partial charge in [0.15, 0.2) is 8.32 Å². The molecule has 25 heavy (non-hydrogen) atoms. The summed E-state index contributed by atoms with van der Waals surface area (Å²) >= 11 is 4.15. The third-order valence-corrected chi connectivity index (χ3v) is 13.4. The van der Waals surface area contributed by atoms with Crippen LogP contribution in [0.25, 0.3) is 0 Å². The Balaban J connectivity index is 2.63. The molecule has 2 atom stereocenters. The van der Waals surface area contributed by atoms with E-state index >= 15 is 0 Å². The molecule has 0 amide bonds. The molecule has 0 aromatic heterocycles. The van der Waals surface area contributed by atoms with Crippen LogP contribution in [0.5, 0.6) is 0 Å². The quantitative estimate of drug-likeness (QED) is 0.341. The van der Waals surface area contributed by atoms with Crippen molar-refractivity contribution in [1.82, 2.24) is 0 Å². The highest BCUT2D eigenvalue weighted by Gasteiger charge is 2.40. The first-order valence-electron chi connectivity index (χ1n) is 9.72. The summed E-state index contributed by atoms with van der Waals surface area (Å²) in [4.78, 5) is 0. The normalized spacial score (nSPS) is 20.9. The fourth-order valence-electron chi connectivity index (χ4n) is 2.86. The van der Waals surface area contributed by atoms with Crippen molar-refractivity contribution in [3.05, 3.63) is 12.7 Å². The maximum Gasteiger partial charge on any atom is 0.191 e.